The van der Waals surface area contributed by atoms with E-state index in [-0.39, 0.29) is 11.0 Å². The van der Waals surface area contributed by atoms with Gasteiger partial charge in [-0.15, -0.1) is 0 Å². The molecule has 8 heavy (non-hydrogen) atoms. The molecule has 0 aromatic rings. The van der Waals surface area contributed by atoms with Gasteiger partial charge in [-0.25, -0.2) is 0 Å². The Morgan fingerprint density at radius 1 is 1.75 bits per heavy atom. The van der Waals surface area contributed by atoms with Gasteiger partial charge >= 0.3 is 0 Å². The average Bonchev–Trinajstić information content (AvgIpc) is 1.61. The topological polar surface area (TPSA) is 17.1 Å². The van der Waals surface area contributed by atoms with Crippen molar-refractivity contribution in [3.05, 3.63) is 12.2 Å². The van der Waals surface area contributed by atoms with Crippen LogP contribution in [0.25, 0.3) is 0 Å². The molecule has 46 valence electrons. The van der Waals surface area contributed by atoms with Crippen molar-refractivity contribution >= 4 is 18.4 Å². The van der Waals surface area contributed by atoms with E-state index < -0.39 is 0 Å². The summed E-state index contributed by atoms with van der Waals surface area (Å²) in [6.45, 7) is 3.43. The first kappa shape index (κ1) is 7.76. The highest BCUT2D eigenvalue weighted by Gasteiger charge is 1.84. The zero-order chi connectivity index (χ0) is 6.57. The number of allylic oxidation sites excluding steroid dienone is 1. The van der Waals surface area contributed by atoms with Crippen molar-refractivity contribution in [3.8, 4) is 0 Å². The minimum Gasteiger partial charge on any atom is -0.295 e. The molecule has 0 spiro atoms. The van der Waals surface area contributed by atoms with Crippen molar-refractivity contribution in [2.75, 3.05) is 0 Å². The predicted octanol–water partition coefficient (Wildman–Crippen LogP) is 1.45. The Labute approximate surface area is 55.2 Å². The van der Waals surface area contributed by atoms with Gasteiger partial charge in [0.2, 0.25) is 0 Å². The molecule has 0 amide bonds. The van der Waals surface area contributed by atoms with E-state index in [2.05, 4.69) is 12.6 Å². The van der Waals surface area contributed by atoms with E-state index in [1.54, 1.807) is 6.08 Å². The van der Waals surface area contributed by atoms with E-state index in [1.165, 1.54) is 13.0 Å². The molecular weight excluding hydrogens is 120 g/mol. The second-order valence-electron chi connectivity index (χ2n) is 1.71. The molecule has 0 rings (SSSR count). The Kier molecular flexibility index (Phi) is 3.61. The Bertz CT molecular complexity index is 105. The Balaban J connectivity index is 3.50. The van der Waals surface area contributed by atoms with Crippen molar-refractivity contribution in [1.82, 2.24) is 0 Å². The molecule has 0 aromatic heterocycles. The van der Waals surface area contributed by atoms with Crippen LogP contribution in [0.15, 0.2) is 12.2 Å². The molecule has 0 aliphatic carbocycles. The third-order valence-corrected chi connectivity index (χ3v) is 0.782. The second kappa shape index (κ2) is 3.72. The SMILES string of the molecule is CC(=O)/C=C/C(C)S. The van der Waals surface area contributed by atoms with Gasteiger partial charge < -0.3 is 0 Å². The summed E-state index contributed by atoms with van der Waals surface area (Å²) in [6, 6.07) is 0. The fourth-order valence-electron chi connectivity index (χ4n) is 0.275. The monoisotopic (exact) mass is 130 g/mol. The molecule has 0 bridgehead atoms. The Morgan fingerprint density at radius 3 is 2.38 bits per heavy atom. The van der Waals surface area contributed by atoms with Crippen molar-refractivity contribution in [1.29, 1.82) is 0 Å². The van der Waals surface area contributed by atoms with Crippen LogP contribution in [-0.4, -0.2) is 11.0 Å². The van der Waals surface area contributed by atoms with E-state index >= 15 is 0 Å². The number of thiol groups is 1. The standard InChI is InChI=1S/C6H10OS/c1-5(7)3-4-6(2)8/h3-4,6,8H,1-2H3/b4-3+. The predicted molar refractivity (Wildman–Crippen MR) is 38.3 cm³/mol. The molecule has 2 heteroatoms. The third-order valence-electron chi connectivity index (χ3n) is 0.609. The summed E-state index contributed by atoms with van der Waals surface area (Å²) < 4.78 is 0. The molecule has 1 nitrogen and oxygen atoms in total. The van der Waals surface area contributed by atoms with Crippen LogP contribution in [0.5, 0.6) is 0 Å². The van der Waals surface area contributed by atoms with Gasteiger partial charge in [-0.2, -0.15) is 12.6 Å². The van der Waals surface area contributed by atoms with Crippen LogP contribution in [0.1, 0.15) is 13.8 Å². The highest BCUT2D eigenvalue weighted by Crippen LogP contribution is 1.92. The summed E-state index contributed by atoms with van der Waals surface area (Å²) in [7, 11) is 0. The zero-order valence-electron chi connectivity index (χ0n) is 5.09. The maximum atomic E-state index is 10.2. The van der Waals surface area contributed by atoms with Crippen molar-refractivity contribution < 1.29 is 4.79 Å². The van der Waals surface area contributed by atoms with E-state index in [1.807, 2.05) is 6.92 Å². The van der Waals surface area contributed by atoms with E-state index in [9.17, 15) is 4.79 Å². The molecule has 0 aromatic carbocycles. The number of carbonyl (C=O) groups excluding carboxylic acids is 1. The lowest BCUT2D eigenvalue weighted by molar-refractivity contribution is -0.112. The number of carbonyl (C=O) groups is 1. The maximum absolute atomic E-state index is 10.2. The van der Waals surface area contributed by atoms with Crippen molar-refractivity contribution in [3.63, 3.8) is 0 Å². The maximum Gasteiger partial charge on any atom is 0.152 e. The Morgan fingerprint density at radius 2 is 2.25 bits per heavy atom. The first-order valence-corrected chi connectivity index (χ1v) is 3.01. The minimum absolute atomic E-state index is 0.0749. The van der Waals surface area contributed by atoms with E-state index in [4.69, 9.17) is 0 Å². The quantitative estimate of drug-likeness (QED) is 0.442. The van der Waals surface area contributed by atoms with Gasteiger partial charge in [0.15, 0.2) is 5.78 Å². The summed E-state index contributed by atoms with van der Waals surface area (Å²) >= 11 is 4.03. The summed E-state index contributed by atoms with van der Waals surface area (Å²) in [4.78, 5) is 10.2. The normalized spacial score (nSPS) is 14.4. The van der Waals surface area contributed by atoms with Crippen LogP contribution in [0.3, 0.4) is 0 Å². The third kappa shape index (κ3) is 5.76. The summed E-state index contributed by atoms with van der Waals surface area (Å²) in [6.07, 6.45) is 3.28. The fraction of sp³-hybridized carbons (Fsp3) is 0.500. The Hall–Kier alpha value is -0.240. The second-order valence-corrected chi connectivity index (χ2v) is 2.52. The van der Waals surface area contributed by atoms with Gasteiger partial charge in [-0.3, -0.25) is 4.79 Å². The molecule has 0 saturated heterocycles. The largest absolute Gasteiger partial charge is 0.295 e. The summed E-state index contributed by atoms with van der Waals surface area (Å²) in [5.74, 6) is 0.0749. The first-order chi connectivity index (χ1) is 3.63. The highest BCUT2D eigenvalue weighted by atomic mass is 32.1. The van der Waals surface area contributed by atoms with Crippen LogP contribution in [0.2, 0.25) is 0 Å². The smallest absolute Gasteiger partial charge is 0.152 e. The lowest BCUT2D eigenvalue weighted by Crippen LogP contribution is -1.85. The lowest BCUT2D eigenvalue weighted by Gasteiger charge is -1.88. The molecule has 0 saturated carbocycles. The first-order valence-electron chi connectivity index (χ1n) is 2.50. The molecule has 0 N–H and O–H groups in total. The van der Waals surface area contributed by atoms with Crippen LogP contribution in [0.4, 0.5) is 0 Å². The number of hydrogen-bond acceptors (Lipinski definition) is 2. The van der Waals surface area contributed by atoms with Crippen molar-refractivity contribution in [2.45, 2.75) is 19.1 Å². The van der Waals surface area contributed by atoms with Crippen LogP contribution in [0, 0.1) is 0 Å². The average molecular weight is 130 g/mol. The van der Waals surface area contributed by atoms with Gasteiger partial charge in [-0.1, -0.05) is 6.08 Å². The van der Waals surface area contributed by atoms with Gasteiger partial charge in [0.25, 0.3) is 0 Å². The molecular formula is C6H10OS. The molecule has 0 radical (unpaired) electrons. The molecule has 0 aliphatic heterocycles. The van der Waals surface area contributed by atoms with E-state index in [0.717, 1.165) is 0 Å². The lowest BCUT2D eigenvalue weighted by atomic mass is 10.3. The van der Waals surface area contributed by atoms with Crippen LogP contribution < -0.4 is 0 Å². The van der Waals surface area contributed by atoms with Gasteiger partial charge in [0.05, 0.1) is 0 Å². The number of ketones is 1. The minimum atomic E-state index is 0.0749. The highest BCUT2D eigenvalue weighted by molar-refractivity contribution is 7.81. The number of rotatable bonds is 2. The van der Waals surface area contributed by atoms with E-state index in [0.29, 0.717) is 0 Å². The number of hydrogen-bond donors (Lipinski definition) is 1. The fourth-order valence-corrected chi connectivity index (χ4v) is 0.361. The molecule has 0 fully saturated rings. The molecule has 1 unspecified atom stereocenters. The van der Waals surface area contributed by atoms with Crippen LogP contribution >= 0.6 is 12.6 Å². The van der Waals surface area contributed by atoms with Gasteiger partial charge in [0, 0.05) is 5.25 Å². The molecule has 0 aliphatic rings. The molecule has 0 heterocycles. The zero-order valence-corrected chi connectivity index (χ0v) is 5.98. The summed E-state index contributed by atoms with van der Waals surface area (Å²) in [5.41, 5.74) is 0. The van der Waals surface area contributed by atoms with Gasteiger partial charge in [0.1, 0.15) is 0 Å². The molecule has 1 atom stereocenters. The summed E-state index contributed by atoms with van der Waals surface area (Å²) in [5, 5.41) is 0.180. The van der Waals surface area contributed by atoms with Crippen molar-refractivity contribution in [2.24, 2.45) is 0 Å². The van der Waals surface area contributed by atoms with Crippen LogP contribution in [-0.2, 0) is 4.79 Å². The van der Waals surface area contributed by atoms with Gasteiger partial charge in [-0.05, 0) is 19.9 Å².